The van der Waals surface area contributed by atoms with Gasteiger partial charge in [0, 0.05) is 30.3 Å². The van der Waals surface area contributed by atoms with Gasteiger partial charge in [-0.1, -0.05) is 42.5 Å². The number of benzene rings is 2. The molecule has 8 heteroatoms. The van der Waals surface area contributed by atoms with Crippen LogP contribution in [-0.4, -0.2) is 27.2 Å². The molecule has 0 aliphatic rings. The maximum absolute atomic E-state index is 12.1. The molecule has 0 saturated carbocycles. The Morgan fingerprint density at radius 1 is 1.07 bits per heavy atom. The summed E-state index contributed by atoms with van der Waals surface area (Å²) in [5.74, 6) is -0.332. The van der Waals surface area contributed by atoms with Crippen molar-refractivity contribution in [3.63, 3.8) is 0 Å². The number of carbonyl (C=O) groups excluding carboxylic acids is 1. The average molecular weight is 378 g/mol. The van der Waals surface area contributed by atoms with Gasteiger partial charge in [-0.15, -0.1) is 0 Å². The lowest BCUT2D eigenvalue weighted by Crippen LogP contribution is -2.34. The fraction of sp³-hybridized carbons (Fsp3) is 0.150. The van der Waals surface area contributed by atoms with Crippen molar-refractivity contribution in [2.75, 3.05) is 6.54 Å². The Hall–Kier alpha value is -3.81. The number of non-ortho nitro benzene ring substituents is 1. The van der Waals surface area contributed by atoms with E-state index in [4.69, 9.17) is 0 Å². The first kappa shape index (κ1) is 19.0. The van der Waals surface area contributed by atoms with Crippen molar-refractivity contribution in [2.45, 2.75) is 13.0 Å². The zero-order chi connectivity index (χ0) is 19.9. The minimum atomic E-state index is -0.500. The van der Waals surface area contributed by atoms with Gasteiger partial charge in [0.05, 0.1) is 10.6 Å². The fourth-order valence-corrected chi connectivity index (χ4v) is 2.68. The van der Waals surface area contributed by atoms with Gasteiger partial charge in [0.2, 0.25) is 5.91 Å². The Bertz CT molecular complexity index is 1050. The standard InChI is InChI=1S/C20H18N4O4/c25-19(21-12-11-15-5-2-1-3-6-15)14-23-20(26)10-9-18(22-23)16-7-4-8-17(13-16)24(27)28/h1-10,13H,11-12,14H2,(H,21,25). The normalized spacial score (nSPS) is 10.4. The molecule has 0 spiro atoms. The van der Waals surface area contributed by atoms with Crippen molar-refractivity contribution < 1.29 is 9.72 Å². The molecule has 0 aliphatic carbocycles. The van der Waals surface area contributed by atoms with Crippen LogP contribution in [0.1, 0.15) is 5.56 Å². The van der Waals surface area contributed by atoms with Gasteiger partial charge in [0.25, 0.3) is 11.2 Å². The highest BCUT2D eigenvalue weighted by Gasteiger charge is 2.11. The van der Waals surface area contributed by atoms with Gasteiger partial charge in [-0.2, -0.15) is 5.10 Å². The number of amides is 1. The number of nitro benzene ring substituents is 1. The van der Waals surface area contributed by atoms with Crippen LogP contribution in [0, 0.1) is 10.1 Å². The SMILES string of the molecule is O=C(Cn1nc(-c2cccc([N+](=O)[O-])c2)ccc1=O)NCCc1ccccc1. The van der Waals surface area contributed by atoms with Crippen molar-refractivity contribution in [2.24, 2.45) is 0 Å². The summed E-state index contributed by atoms with van der Waals surface area (Å²) in [5, 5.41) is 17.9. The van der Waals surface area contributed by atoms with Crippen LogP contribution in [0.2, 0.25) is 0 Å². The monoisotopic (exact) mass is 378 g/mol. The molecule has 8 nitrogen and oxygen atoms in total. The summed E-state index contributed by atoms with van der Waals surface area (Å²) in [6.07, 6.45) is 0.683. The number of aromatic nitrogens is 2. The van der Waals surface area contributed by atoms with Crippen LogP contribution < -0.4 is 10.9 Å². The molecule has 1 N–H and O–H groups in total. The van der Waals surface area contributed by atoms with E-state index >= 15 is 0 Å². The molecular formula is C20H18N4O4. The second-order valence-electron chi connectivity index (χ2n) is 6.11. The highest BCUT2D eigenvalue weighted by atomic mass is 16.6. The maximum Gasteiger partial charge on any atom is 0.270 e. The predicted octanol–water partition coefficient (Wildman–Crippen LogP) is 2.18. The quantitative estimate of drug-likeness (QED) is 0.501. The summed E-state index contributed by atoms with van der Waals surface area (Å²) in [5.41, 5.74) is 1.47. The topological polar surface area (TPSA) is 107 Å². The van der Waals surface area contributed by atoms with Gasteiger partial charge >= 0.3 is 0 Å². The molecule has 0 atom stereocenters. The molecule has 0 aliphatic heterocycles. The molecule has 0 radical (unpaired) electrons. The summed E-state index contributed by atoms with van der Waals surface area (Å²) >= 11 is 0. The van der Waals surface area contributed by atoms with E-state index in [1.165, 1.54) is 24.3 Å². The summed E-state index contributed by atoms with van der Waals surface area (Å²) in [6, 6.07) is 18.4. The van der Waals surface area contributed by atoms with Crippen molar-refractivity contribution in [3.8, 4) is 11.3 Å². The van der Waals surface area contributed by atoms with E-state index in [2.05, 4.69) is 10.4 Å². The zero-order valence-electron chi connectivity index (χ0n) is 14.9. The molecule has 3 rings (SSSR count). The highest BCUT2D eigenvalue weighted by Crippen LogP contribution is 2.21. The number of nitro groups is 1. The molecule has 1 amide bonds. The zero-order valence-corrected chi connectivity index (χ0v) is 14.9. The van der Waals surface area contributed by atoms with Crippen molar-refractivity contribution in [1.29, 1.82) is 0 Å². The molecule has 0 saturated heterocycles. The number of nitrogens with one attached hydrogen (secondary N) is 1. The Morgan fingerprint density at radius 2 is 1.86 bits per heavy atom. The largest absolute Gasteiger partial charge is 0.354 e. The molecule has 1 heterocycles. The molecule has 1 aromatic heterocycles. The lowest BCUT2D eigenvalue weighted by molar-refractivity contribution is -0.384. The lowest BCUT2D eigenvalue weighted by Gasteiger charge is -2.08. The summed E-state index contributed by atoms with van der Waals surface area (Å²) in [6.45, 7) is 0.221. The van der Waals surface area contributed by atoms with Crippen molar-refractivity contribution >= 4 is 11.6 Å². The number of hydrogen-bond donors (Lipinski definition) is 1. The van der Waals surface area contributed by atoms with E-state index in [-0.39, 0.29) is 18.1 Å². The lowest BCUT2D eigenvalue weighted by atomic mass is 10.1. The van der Waals surface area contributed by atoms with E-state index in [0.29, 0.717) is 24.2 Å². The van der Waals surface area contributed by atoms with Crippen LogP contribution in [0.4, 0.5) is 5.69 Å². The number of hydrogen-bond acceptors (Lipinski definition) is 5. The summed E-state index contributed by atoms with van der Waals surface area (Å²) in [7, 11) is 0. The molecule has 142 valence electrons. The molecule has 2 aromatic carbocycles. The smallest absolute Gasteiger partial charge is 0.270 e. The average Bonchev–Trinajstić information content (AvgIpc) is 2.70. The highest BCUT2D eigenvalue weighted by molar-refractivity contribution is 5.75. The fourth-order valence-electron chi connectivity index (χ4n) is 2.68. The van der Waals surface area contributed by atoms with Crippen LogP contribution >= 0.6 is 0 Å². The summed E-state index contributed by atoms with van der Waals surface area (Å²) in [4.78, 5) is 34.6. The Kier molecular flexibility index (Phi) is 5.91. The molecular weight excluding hydrogens is 360 g/mol. The maximum atomic E-state index is 12.1. The predicted molar refractivity (Wildman–Crippen MR) is 104 cm³/mol. The number of carbonyl (C=O) groups is 1. The van der Waals surface area contributed by atoms with Gasteiger partial charge < -0.3 is 5.32 Å². The van der Waals surface area contributed by atoms with Gasteiger partial charge in [-0.25, -0.2) is 4.68 Å². The first-order valence-corrected chi connectivity index (χ1v) is 8.66. The van der Waals surface area contributed by atoms with Crippen LogP contribution in [0.15, 0.2) is 71.5 Å². The van der Waals surface area contributed by atoms with Gasteiger partial charge in [-0.3, -0.25) is 19.7 Å². The Balaban J connectivity index is 1.68. The second kappa shape index (κ2) is 8.72. The minimum Gasteiger partial charge on any atom is -0.354 e. The molecule has 0 bridgehead atoms. The van der Waals surface area contributed by atoms with E-state index < -0.39 is 10.5 Å². The van der Waals surface area contributed by atoms with E-state index in [0.717, 1.165) is 10.2 Å². The molecule has 0 unspecified atom stereocenters. The molecule has 28 heavy (non-hydrogen) atoms. The van der Waals surface area contributed by atoms with Crippen LogP contribution in [0.25, 0.3) is 11.3 Å². The third-order valence-corrected chi connectivity index (χ3v) is 4.09. The third-order valence-electron chi connectivity index (χ3n) is 4.09. The van der Waals surface area contributed by atoms with Gasteiger partial charge in [0.15, 0.2) is 0 Å². The van der Waals surface area contributed by atoms with Gasteiger partial charge in [-0.05, 0) is 18.1 Å². The van der Waals surface area contributed by atoms with Crippen molar-refractivity contribution in [1.82, 2.24) is 15.1 Å². The van der Waals surface area contributed by atoms with E-state index in [1.807, 2.05) is 30.3 Å². The third kappa shape index (κ3) is 4.88. The van der Waals surface area contributed by atoms with Crippen LogP contribution in [-0.2, 0) is 17.8 Å². The van der Waals surface area contributed by atoms with Crippen LogP contribution in [0.5, 0.6) is 0 Å². The summed E-state index contributed by atoms with van der Waals surface area (Å²) < 4.78 is 1.05. The number of nitrogens with zero attached hydrogens (tertiary/aromatic N) is 3. The molecule has 0 fully saturated rings. The first-order valence-electron chi connectivity index (χ1n) is 8.66. The second-order valence-corrected chi connectivity index (χ2v) is 6.11. The van der Waals surface area contributed by atoms with Crippen LogP contribution in [0.3, 0.4) is 0 Å². The Morgan fingerprint density at radius 3 is 2.61 bits per heavy atom. The van der Waals surface area contributed by atoms with E-state index in [1.54, 1.807) is 12.1 Å². The number of rotatable bonds is 7. The first-order chi connectivity index (χ1) is 13.5. The van der Waals surface area contributed by atoms with Crippen molar-refractivity contribution in [3.05, 3.63) is 92.8 Å². The molecule has 3 aromatic rings. The minimum absolute atomic E-state index is 0.0734. The van der Waals surface area contributed by atoms with E-state index in [9.17, 15) is 19.7 Å². The Labute approximate surface area is 160 Å². The van der Waals surface area contributed by atoms with Gasteiger partial charge in [0.1, 0.15) is 6.54 Å².